The number of rotatable bonds is 11. The summed E-state index contributed by atoms with van der Waals surface area (Å²) in [4.78, 5) is 51.4. The van der Waals surface area contributed by atoms with Crippen LogP contribution in [0.15, 0.2) is 53.5 Å². The highest BCUT2D eigenvalue weighted by molar-refractivity contribution is 6.06. The number of aryl methyl sites for hydroxylation is 2. The molecular formula is C37H50N8O5. The zero-order valence-corrected chi connectivity index (χ0v) is 30.2. The van der Waals surface area contributed by atoms with E-state index in [-0.39, 0.29) is 18.4 Å². The number of nitrogens with one attached hydrogen (secondary N) is 3. The first kappa shape index (κ1) is 37.6. The van der Waals surface area contributed by atoms with E-state index in [2.05, 4.69) is 43.5 Å². The molecule has 5 N–H and O–H groups in total. The number of hydrogen-bond acceptors (Lipinski definition) is 9. The van der Waals surface area contributed by atoms with E-state index in [1.54, 1.807) is 65.8 Å². The largest absolute Gasteiger partial charge is 0.444 e. The Morgan fingerprint density at radius 3 is 2.12 bits per heavy atom. The summed E-state index contributed by atoms with van der Waals surface area (Å²) in [5, 5.41) is 8.97. The molecule has 0 fully saturated rings. The lowest BCUT2D eigenvalue weighted by atomic mass is 10.1. The summed E-state index contributed by atoms with van der Waals surface area (Å²) in [6.07, 6.45) is 3.03. The van der Waals surface area contributed by atoms with Gasteiger partial charge in [-0.25, -0.2) is 24.5 Å². The Bertz CT molecular complexity index is 1800. The maximum absolute atomic E-state index is 12.9. The third kappa shape index (κ3) is 10.9. The number of nitrogens with zero attached hydrogens (tertiary/aromatic N) is 4. The number of hydrogen-bond donors (Lipinski definition) is 4. The highest BCUT2D eigenvalue weighted by atomic mass is 16.6. The fourth-order valence-electron chi connectivity index (χ4n) is 5.21. The summed E-state index contributed by atoms with van der Waals surface area (Å²) in [5.41, 5.74) is 8.71. The van der Waals surface area contributed by atoms with Crippen LogP contribution in [0.1, 0.15) is 95.9 Å². The predicted octanol–water partition coefficient (Wildman–Crippen LogP) is 6.62. The minimum atomic E-state index is -0.773. The summed E-state index contributed by atoms with van der Waals surface area (Å²) >= 11 is 0. The molecule has 4 aromatic rings. The number of carbonyl (C=O) groups is 3. The van der Waals surface area contributed by atoms with E-state index in [0.29, 0.717) is 17.9 Å². The topological polar surface area (TPSA) is 175 Å². The van der Waals surface area contributed by atoms with Crippen molar-refractivity contribution in [3.8, 4) is 0 Å². The van der Waals surface area contributed by atoms with Crippen LogP contribution in [0.5, 0.6) is 0 Å². The van der Waals surface area contributed by atoms with Crippen LogP contribution in [0, 0.1) is 0 Å². The quantitative estimate of drug-likeness (QED) is 0.0773. The van der Waals surface area contributed by atoms with Crippen LogP contribution in [0.4, 0.5) is 15.4 Å². The minimum absolute atomic E-state index is 0.114. The van der Waals surface area contributed by atoms with Crippen molar-refractivity contribution in [1.82, 2.24) is 30.5 Å². The van der Waals surface area contributed by atoms with Crippen LogP contribution in [-0.2, 0) is 29.0 Å². The molecule has 0 spiro atoms. The van der Waals surface area contributed by atoms with Gasteiger partial charge >= 0.3 is 12.2 Å². The van der Waals surface area contributed by atoms with Gasteiger partial charge in [-0.2, -0.15) is 0 Å². The number of aliphatic imine (C=N–C) groups is 1. The van der Waals surface area contributed by atoms with E-state index < -0.39 is 23.4 Å². The monoisotopic (exact) mass is 686 g/mol. The number of fused-ring (bicyclic) bond motifs is 3. The van der Waals surface area contributed by atoms with Crippen LogP contribution < -0.4 is 21.7 Å². The molecule has 0 bridgehead atoms. The number of pyridine rings is 1. The van der Waals surface area contributed by atoms with E-state index in [0.717, 1.165) is 72.0 Å². The van der Waals surface area contributed by atoms with Crippen LogP contribution >= 0.6 is 0 Å². The molecule has 0 saturated heterocycles. The molecule has 0 radical (unpaired) electrons. The van der Waals surface area contributed by atoms with Crippen LogP contribution in [0.2, 0.25) is 0 Å². The number of anilines is 1. The van der Waals surface area contributed by atoms with Crippen molar-refractivity contribution in [1.29, 1.82) is 0 Å². The van der Waals surface area contributed by atoms with Gasteiger partial charge in [-0.15, -0.1) is 0 Å². The molecule has 50 heavy (non-hydrogen) atoms. The summed E-state index contributed by atoms with van der Waals surface area (Å²) in [5.74, 6) is 1.15. The molecule has 3 amide bonds. The average molecular weight is 687 g/mol. The number of unbranched alkanes of at least 4 members (excludes halogenated alkanes) is 2. The third-order valence-electron chi connectivity index (χ3n) is 7.41. The van der Waals surface area contributed by atoms with Crippen molar-refractivity contribution >= 4 is 51.8 Å². The molecule has 13 nitrogen and oxygen atoms in total. The van der Waals surface area contributed by atoms with Crippen molar-refractivity contribution in [2.24, 2.45) is 4.99 Å². The lowest BCUT2D eigenvalue weighted by molar-refractivity contribution is 0.0544. The number of alkyl carbamates (subject to hydrolysis) is 2. The number of nitrogen functional groups attached to an aromatic ring is 1. The summed E-state index contributed by atoms with van der Waals surface area (Å²) in [6, 6.07) is 14.9. The molecule has 0 atom stereocenters. The van der Waals surface area contributed by atoms with Gasteiger partial charge in [0.1, 0.15) is 22.5 Å². The number of ether oxygens (including phenoxy) is 2. The standard InChI is InChI=1S/C37H50N8O5/c1-8-9-16-28-42-29-30(26-14-10-11-15-27(26)41-31(29)38)45(28)22-13-12-21-39-32(46)25-19-17-24(18-20-25)23-40-33(43-34(47)49-36(2,3)4)44-35(48)50-37(5,6)7/h10-11,14-15,17-20H,8-9,12-13,16,21-23H2,1-7H3,(H2,38,41)(H,39,46)(H2,40,43,44,47,48). The first-order chi connectivity index (χ1) is 23.6. The van der Waals surface area contributed by atoms with Crippen LogP contribution in [-0.4, -0.2) is 56.3 Å². The molecule has 2 aromatic heterocycles. The van der Waals surface area contributed by atoms with Gasteiger partial charge in [-0.05, 0) is 84.6 Å². The molecule has 4 rings (SSSR count). The Labute approximate surface area is 293 Å². The Morgan fingerprint density at radius 2 is 1.50 bits per heavy atom. The van der Waals surface area contributed by atoms with Crippen molar-refractivity contribution < 1.29 is 23.9 Å². The first-order valence-corrected chi connectivity index (χ1v) is 17.1. The molecule has 0 aliphatic heterocycles. The number of imidazole rings is 1. The second-order valence-electron chi connectivity index (χ2n) is 14.1. The van der Waals surface area contributed by atoms with E-state index in [9.17, 15) is 14.4 Å². The van der Waals surface area contributed by atoms with Gasteiger partial charge in [0.25, 0.3) is 5.91 Å². The van der Waals surface area contributed by atoms with E-state index in [1.165, 1.54) is 0 Å². The number of aromatic nitrogens is 3. The van der Waals surface area contributed by atoms with Crippen molar-refractivity contribution in [2.75, 3.05) is 12.3 Å². The fourth-order valence-corrected chi connectivity index (χ4v) is 5.21. The van der Waals surface area contributed by atoms with Gasteiger partial charge in [0.05, 0.1) is 17.6 Å². The Kier molecular flexibility index (Phi) is 12.4. The lowest BCUT2D eigenvalue weighted by Gasteiger charge is -2.22. The maximum Gasteiger partial charge on any atom is 0.414 e. The average Bonchev–Trinajstić information content (AvgIpc) is 3.40. The number of para-hydroxylation sites is 1. The normalized spacial score (nSPS) is 11.7. The second-order valence-corrected chi connectivity index (χ2v) is 14.1. The van der Waals surface area contributed by atoms with Gasteiger partial charge < -0.3 is 25.1 Å². The van der Waals surface area contributed by atoms with Gasteiger partial charge in [-0.3, -0.25) is 15.4 Å². The van der Waals surface area contributed by atoms with Crippen molar-refractivity contribution in [3.05, 3.63) is 65.5 Å². The highest BCUT2D eigenvalue weighted by Gasteiger charge is 2.21. The number of benzene rings is 2. The molecule has 2 aromatic carbocycles. The van der Waals surface area contributed by atoms with Crippen LogP contribution in [0.3, 0.4) is 0 Å². The van der Waals surface area contributed by atoms with Crippen LogP contribution in [0.25, 0.3) is 21.9 Å². The molecular weight excluding hydrogens is 636 g/mol. The smallest absolute Gasteiger partial charge is 0.414 e. The summed E-state index contributed by atoms with van der Waals surface area (Å²) in [6.45, 7) is 13.9. The SMILES string of the molecule is CCCCc1nc2c(N)nc3ccccc3c2n1CCCCNC(=O)c1ccc(CN=C(NC(=O)OC(C)(C)C)NC(=O)OC(C)(C)C)cc1. The van der Waals surface area contributed by atoms with Gasteiger partial charge in [-0.1, -0.05) is 43.7 Å². The number of guanidine groups is 1. The molecule has 268 valence electrons. The number of amides is 3. The van der Waals surface area contributed by atoms with E-state index >= 15 is 0 Å². The molecule has 0 saturated carbocycles. The van der Waals surface area contributed by atoms with Crippen molar-refractivity contribution in [3.63, 3.8) is 0 Å². The molecule has 2 heterocycles. The van der Waals surface area contributed by atoms with E-state index in [1.807, 2.05) is 18.2 Å². The maximum atomic E-state index is 12.9. The first-order valence-electron chi connectivity index (χ1n) is 17.1. The molecule has 0 aliphatic rings. The predicted molar refractivity (Wildman–Crippen MR) is 196 cm³/mol. The summed E-state index contributed by atoms with van der Waals surface area (Å²) < 4.78 is 12.8. The number of nitrogens with two attached hydrogens (primary N) is 1. The molecule has 0 unspecified atom stereocenters. The highest BCUT2D eigenvalue weighted by Crippen LogP contribution is 2.29. The lowest BCUT2D eigenvalue weighted by Crippen LogP contribution is -2.47. The van der Waals surface area contributed by atoms with Gasteiger partial charge in [0.15, 0.2) is 5.82 Å². The fraction of sp³-hybridized carbons (Fsp3) is 0.459. The zero-order chi connectivity index (χ0) is 36.5. The molecule has 13 heteroatoms. The zero-order valence-electron chi connectivity index (χ0n) is 30.2. The Morgan fingerprint density at radius 1 is 0.860 bits per heavy atom. The summed E-state index contributed by atoms with van der Waals surface area (Å²) in [7, 11) is 0. The number of carbonyl (C=O) groups excluding carboxylic acids is 3. The Hall–Kier alpha value is -5.20. The minimum Gasteiger partial charge on any atom is -0.444 e. The van der Waals surface area contributed by atoms with Crippen molar-refractivity contribution in [2.45, 2.75) is 105 Å². The molecule has 0 aliphatic carbocycles. The van der Waals surface area contributed by atoms with Gasteiger partial charge in [0, 0.05) is 30.5 Å². The Balaban J connectivity index is 1.34. The van der Waals surface area contributed by atoms with E-state index in [4.69, 9.17) is 20.2 Å². The van der Waals surface area contributed by atoms with Gasteiger partial charge in [0.2, 0.25) is 5.96 Å². The third-order valence-corrected chi connectivity index (χ3v) is 7.41. The second kappa shape index (κ2) is 16.5.